The summed E-state index contributed by atoms with van der Waals surface area (Å²) >= 11 is 0. The lowest BCUT2D eigenvalue weighted by molar-refractivity contribution is 0.292. The smallest absolute Gasteiger partial charge is 0.358 e. The molecular formula is H10BN2O4P. The topological polar surface area (TPSA) is 137 Å². The third kappa shape index (κ3) is 16.5. The predicted octanol–water partition coefficient (Wildman–Crippen LogP) is -1.03. The maximum Gasteiger partial charge on any atom is 0.454 e. The Morgan fingerprint density at radius 3 is 1.50 bits per heavy atom. The van der Waals surface area contributed by atoms with E-state index in [0.29, 0.717) is 0 Å². The minimum absolute atomic E-state index is 0. The van der Waals surface area contributed by atoms with E-state index in [2.05, 4.69) is 4.44 Å². The van der Waals surface area contributed by atoms with Crippen molar-refractivity contribution in [1.82, 2.24) is 12.3 Å². The van der Waals surface area contributed by atoms with Crippen LogP contribution in [0.3, 0.4) is 0 Å². The number of rotatable bonds is 1. The Hall–Kier alpha value is 0.0949. The van der Waals surface area contributed by atoms with Gasteiger partial charge in [0.05, 0.1) is 0 Å². The third-order valence-electron chi connectivity index (χ3n) is 0.238. The maximum atomic E-state index is 9.47. The first-order valence-corrected chi connectivity index (χ1v) is 2.70. The molecule has 0 aromatic rings. The van der Waals surface area contributed by atoms with Gasteiger partial charge in [-0.2, -0.15) is 0 Å². The number of hydrogen-bond acceptors (Lipinski definition) is 4. The molecule has 0 bridgehead atoms. The van der Waals surface area contributed by atoms with Crippen LogP contribution in [0.25, 0.3) is 0 Å². The van der Waals surface area contributed by atoms with E-state index < -0.39 is 7.82 Å². The minimum atomic E-state index is -4.15. The van der Waals surface area contributed by atoms with Crippen LogP contribution in [-0.2, 0) is 9.01 Å². The second-order valence-corrected chi connectivity index (χ2v) is 2.02. The number of hydrogen-bond donors (Lipinski definition) is 4. The van der Waals surface area contributed by atoms with Crippen molar-refractivity contribution in [2.75, 3.05) is 0 Å². The largest absolute Gasteiger partial charge is 0.454 e. The van der Waals surface area contributed by atoms with E-state index in [1.54, 1.807) is 0 Å². The van der Waals surface area contributed by atoms with Gasteiger partial charge in [-0.3, -0.25) is 0 Å². The molecule has 0 aliphatic carbocycles. The molecule has 0 fully saturated rings. The lowest BCUT2D eigenvalue weighted by Crippen LogP contribution is -1.78. The molecule has 0 heterocycles. The fraction of sp³-hybridized carbons (Fsp3) is 0. The van der Waals surface area contributed by atoms with Gasteiger partial charge in [0.2, 0.25) is 0 Å². The lowest BCUT2D eigenvalue weighted by Gasteiger charge is -1.94. The molecule has 0 aliphatic rings. The van der Waals surface area contributed by atoms with E-state index >= 15 is 0 Å². The molecule has 0 unspecified atom stereocenters. The van der Waals surface area contributed by atoms with E-state index in [4.69, 9.17) is 9.79 Å². The fourth-order valence-corrected chi connectivity index (χ4v) is 0. The average Bonchev–Trinajstić information content (AvgIpc) is 1.35. The predicted molar refractivity (Wildman–Crippen MR) is 31.7 cm³/mol. The molecule has 0 radical (unpaired) electrons. The maximum absolute atomic E-state index is 9.47. The first kappa shape index (κ1) is 15.7. The Kier molecular flexibility index (Phi) is 10.3. The van der Waals surface area contributed by atoms with Crippen molar-refractivity contribution < 1.29 is 18.8 Å². The van der Waals surface area contributed by atoms with Crippen LogP contribution < -0.4 is 12.3 Å². The molecule has 8 N–H and O–H groups in total. The first-order chi connectivity index (χ1) is 2.56. The molecule has 0 saturated carbocycles. The van der Waals surface area contributed by atoms with Gasteiger partial charge >= 0.3 is 7.82 Å². The fourth-order valence-electron chi connectivity index (χ4n) is 0. The molecule has 8 heteroatoms. The summed E-state index contributed by atoms with van der Waals surface area (Å²) in [4.78, 5) is 15.4. The van der Waals surface area contributed by atoms with Gasteiger partial charge in [0.1, 0.15) is 0 Å². The highest BCUT2D eigenvalue weighted by Gasteiger charge is 2.06. The molecule has 0 amide bonds. The molecular weight excluding hydrogens is 134 g/mol. The molecule has 0 rings (SSSR count). The Morgan fingerprint density at radius 1 is 1.38 bits per heavy atom. The van der Waals surface area contributed by atoms with Crippen LogP contribution in [0.4, 0.5) is 0 Å². The zero-order valence-corrected chi connectivity index (χ0v) is 5.47. The first-order valence-electron chi connectivity index (χ1n) is 1.17. The zero-order valence-electron chi connectivity index (χ0n) is 4.57. The molecule has 6 nitrogen and oxygen atoms in total. The van der Waals surface area contributed by atoms with Crippen molar-refractivity contribution in [3.63, 3.8) is 0 Å². The SMILES string of the molecule is BOP(=O)(O)O.N.N. The van der Waals surface area contributed by atoms with Crippen LogP contribution in [0, 0.1) is 0 Å². The van der Waals surface area contributed by atoms with Gasteiger partial charge in [-0.15, -0.1) is 0 Å². The van der Waals surface area contributed by atoms with E-state index in [0.717, 1.165) is 8.05 Å². The van der Waals surface area contributed by atoms with Crippen molar-refractivity contribution in [3.05, 3.63) is 0 Å². The molecule has 0 atom stereocenters. The van der Waals surface area contributed by atoms with Crippen LogP contribution in [0.15, 0.2) is 0 Å². The molecule has 8 heavy (non-hydrogen) atoms. The molecule has 52 valence electrons. The summed E-state index contributed by atoms with van der Waals surface area (Å²) in [6, 6.07) is 0. The van der Waals surface area contributed by atoms with E-state index in [1.165, 1.54) is 0 Å². The van der Waals surface area contributed by atoms with Crippen molar-refractivity contribution in [2.24, 2.45) is 0 Å². The van der Waals surface area contributed by atoms with E-state index in [1.807, 2.05) is 0 Å². The summed E-state index contributed by atoms with van der Waals surface area (Å²) in [5.74, 6) is 0. The second-order valence-electron chi connectivity index (χ2n) is 0.673. The van der Waals surface area contributed by atoms with Crippen molar-refractivity contribution in [1.29, 1.82) is 0 Å². The summed E-state index contributed by atoms with van der Waals surface area (Å²) in [5, 5.41) is 0. The van der Waals surface area contributed by atoms with Crippen LogP contribution in [0.5, 0.6) is 0 Å². The van der Waals surface area contributed by atoms with E-state index in [9.17, 15) is 4.57 Å². The van der Waals surface area contributed by atoms with Crippen LogP contribution in [0.1, 0.15) is 0 Å². The molecule has 0 saturated heterocycles. The average molecular weight is 144 g/mol. The molecule has 0 aromatic carbocycles. The lowest BCUT2D eigenvalue weighted by atomic mass is 10.6. The van der Waals surface area contributed by atoms with Gasteiger partial charge in [-0.25, -0.2) is 4.57 Å². The Balaban J connectivity index is -0.000000125. The van der Waals surface area contributed by atoms with Gasteiger partial charge in [0, 0.05) is 0 Å². The van der Waals surface area contributed by atoms with Crippen molar-refractivity contribution in [2.45, 2.75) is 0 Å². The highest BCUT2D eigenvalue weighted by molar-refractivity contribution is 7.47. The van der Waals surface area contributed by atoms with Crippen molar-refractivity contribution in [3.8, 4) is 0 Å². The van der Waals surface area contributed by atoms with Gasteiger partial charge in [-0.1, -0.05) is 0 Å². The second kappa shape index (κ2) is 5.24. The monoisotopic (exact) mass is 144 g/mol. The Labute approximate surface area is 48.1 Å². The van der Waals surface area contributed by atoms with Gasteiger partial charge < -0.3 is 26.5 Å². The van der Waals surface area contributed by atoms with Gasteiger partial charge in [-0.05, 0) is 0 Å². The summed E-state index contributed by atoms with van der Waals surface area (Å²) in [5.41, 5.74) is 0. The summed E-state index contributed by atoms with van der Waals surface area (Å²) in [6.45, 7) is 0. The van der Waals surface area contributed by atoms with Crippen molar-refractivity contribution >= 4 is 15.9 Å². The minimum Gasteiger partial charge on any atom is -0.358 e. The van der Waals surface area contributed by atoms with E-state index in [-0.39, 0.29) is 12.3 Å². The highest BCUT2D eigenvalue weighted by atomic mass is 31.2. The van der Waals surface area contributed by atoms with Crippen LogP contribution in [-0.4, -0.2) is 17.8 Å². The zero-order chi connectivity index (χ0) is 5.21. The quantitative estimate of drug-likeness (QED) is 0.274. The molecule has 0 spiro atoms. The standard InChI is InChI=1S/BH4O4P.2H3N/c1-5-6(2,3)4;;/h1H2,(H2,2,3,4);2*1H3. The normalized spacial score (nSPS) is 8.75. The summed E-state index contributed by atoms with van der Waals surface area (Å²) < 4.78 is 13.1. The Morgan fingerprint density at radius 2 is 1.50 bits per heavy atom. The Bertz CT molecular complexity index is 78.1. The third-order valence-corrected chi connectivity index (χ3v) is 0.714. The van der Waals surface area contributed by atoms with Crippen LogP contribution in [0.2, 0.25) is 0 Å². The molecule has 0 aromatic heterocycles. The van der Waals surface area contributed by atoms with Gasteiger partial charge in [0.15, 0.2) is 0 Å². The summed E-state index contributed by atoms with van der Waals surface area (Å²) in [7, 11) is -3.20. The van der Waals surface area contributed by atoms with Gasteiger partial charge in [0.25, 0.3) is 8.05 Å². The highest BCUT2D eigenvalue weighted by Crippen LogP contribution is 2.33. The van der Waals surface area contributed by atoms with Crippen LogP contribution >= 0.6 is 7.82 Å². The summed E-state index contributed by atoms with van der Waals surface area (Å²) in [6.07, 6.45) is 0. The number of phosphoric acid groups is 1. The molecule has 0 aliphatic heterocycles.